The molecule has 0 aliphatic rings. The van der Waals surface area contributed by atoms with E-state index >= 15 is 0 Å². The summed E-state index contributed by atoms with van der Waals surface area (Å²) in [5, 5.41) is 12.1. The lowest BCUT2D eigenvalue weighted by Crippen LogP contribution is -2.29. The second-order valence-corrected chi connectivity index (χ2v) is 7.38. The van der Waals surface area contributed by atoms with Crippen molar-refractivity contribution in [3.8, 4) is 5.75 Å². The number of carbonyl (C=O) groups is 1. The second kappa shape index (κ2) is 9.48. The third kappa shape index (κ3) is 5.68. The first-order valence-electron chi connectivity index (χ1n) is 7.73. The van der Waals surface area contributed by atoms with Crippen LogP contribution >= 0.6 is 23.1 Å². The number of methoxy groups -OCH3 is 1. The molecule has 130 valence electrons. The second-order valence-electron chi connectivity index (χ2n) is 5.18. The number of aromatic nitrogens is 2. The van der Waals surface area contributed by atoms with Crippen LogP contribution in [0.3, 0.4) is 0 Å². The Labute approximate surface area is 150 Å². The fraction of sp³-hybridized carbons (Fsp3) is 0.438. The van der Waals surface area contributed by atoms with Gasteiger partial charge in [-0.05, 0) is 30.7 Å². The van der Waals surface area contributed by atoms with E-state index in [9.17, 15) is 4.79 Å². The third-order valence-electron chi connectivity index (χ3n) is 3.34. The molecule has 1 aromatic heterocycles. The minimum absolute atomic E-state index is 0.119. The summed E-state index contributed by atoms with van der Waals surface area (Å²) in [6.07, 6.45) is 2.11. The maximum absolute atomic E-state index is 12.0. The fourth-order valence-electron chi connectivity index (χ4n) is 1.87. The summed E-state index contributed by atoms with van der Waals surface area (Å²) in [5.41, 5.74) is 0.916. The zero-order chi connectivity index (χ0) is 17.4. The van der Waals surface area contributed by atoms with Crippen molar-refractivity contribution >= 4 is 39.8 Å². The van der Waals surface area contributed by atoms with E-state index < -0.39 is 0 Å². The Kier molecular flexibility index (Phi) is 7.33. The molecule has 0 fully saturated rings. The molecule has 0 atom stereocenters. The van der Waals surface area contributed by atoms with Crippen LogP contribution in [0.5, 0.6) is 5.75 Å². The normalized spacial score (nSPS) is 10.5. The highest BCUT2D eigenvalue weighted by atomic mass is 32.2. The van der Waals surface area contributed by atoms with E-state index in [1.54, 1.807) is 12.0 Å². The SMILES string of the molecule is CCCCN(C)C(=O)CSc1nnc(Nc2ccc(OC)cc2)s1. The minimum atomic E-state index is 0.119. The van der Waals surface area contributed by atoms with Crippen LogP contribution in [0.25, 0.3) is 0 Å². The standard InChI is InChI=1S/C16H22N4O2S2/c1-4-5-10-20(2)14(21)11-23-16-19-18-15(24-16)17-12-6-8-13(22-3)9-7-12/h6-9H,4-5,10-11H2,1-3H3,(H,17,18). The van der Waals surface area contributed by atoms with E-state index in [1.807, 2.05) is 31.3 Å². The van der Waals surface area contributed by atoms with Crippen LogP contribution in [0.2, 0.25) is 0 Å². The number of hydrogen-bond acceptors (Lipinski definition) is 7. The summed E-state index contributed by atoms with van der Waals surface area (Å²) in [7, 11) is 3.48. The average molecular weight is 367 g/mol. The van der Waals surface area contributed by atoms with Crippen molar-refractivity contribution in [2.45, 2.75) is 24.1 Å². The number of hydrogen-bond donors (Lipinski definition) is 1. The molecule has 6 nitrogen and oxygen atoms in total. The summed E-state index contributed by atoms with van der Waals surface area (Å²) in [5.74, 6) is 1.31. The Morgan fingerprint density at radius 2 is 2.08 bits per heavy atom. The van der Waals surface area contributed by atoms with Gasteiger partial charge in [0.25, 0.3) is 0 Å². The molecule has 1 aromatic carbocycles. The largest absolute Gasteiger partial charge is 0.497 e. The summed E-state index contributed by atoms with van der Waals surface area (Å²) >= 11 is 2.86. The molecular formula is C16H22N4O2S2. The van der Waals surface area contributed by atoms with Crippen LogP contribution in [0.4, 0.5) is 10.8 Å². The topological polar surface area (TPSA) is 67.4 Å². The maximum Gasteiger partial charge on any atom is 0.232 e. The van der Waals surface area contributed by atoms with Crippen molar-refractivity contribution in [2.24, 2.45) is 0 Å². The molecule has 24 heavy (non-hydrogen) atoms. The Morgan fingerprint density at radius 1 is 1.33 bits per heavy atom. The number of benzene rings is 1. The number of thioether (sulfide) groups is 1. The molecule has 1 heterocycles. The van der Waals surface area contributed by atoms with Gasteiger partial charge in [0.05, 0.1) is 12.9 Å². The van der Waals surface area contributed by atoms with E-state index in [2.05, 4.69) is 22.4 Å². The van der Waals surface area contributed by atoms with Gasteiger partial charge in [-0.2, -0.15) is 0 Å². The smallest absolute Gasteiger partial charge is 0.232 e. The van der Waals surface area contributed by atoms with Crippen LogP contribution in [-0.4, -0.2) is 47.5 Å². The van der Waals surface area contributed by atoms with Crippen LogP contribution in [-0.2, 0) is 4.79 Å². The highest BCUT2D eigenvalue weighted by molar-refractivity contribution is 8.01. The van der Waals surface area contributed by atoms with Gasteiger partial charge in [0.2, 0.25) is 11.0 Å². The lowest BCUT2D eigenvalue weighted by atomic mass is 10.3. The predicted octanol–water partition coefficient (Wildman–Crippen LogP) is 3.64. The number of ether oxygens (including phenoxy) is 1. The molecule has 1 amide bonds. The highest BCUT2D eigenvalue weighted by Gasteiger charge is 2.11. The van der Waals surface area contributed by atoms with Crippen molar-refractivity contribution in [1.29, 1.82) is 0 Å². The number of anilines is 2. The highest BCUT2D eigenvalue weighted by Crippen LogP contribution is 2.28. The zero-order valence-corrected chi connectivity index (χ0v) is 15.7. The minimum Gasteiger partial charge on any atom is -0.497 e. The van der Waals surface area contributed by atoms with Gasteiger partial charge in [-0.15, -0.1) is 10.2 Å². The molecule has 0 bridgehead atoms. The first-order valence-corrected chi connectivity index (χ1v) is 9.54. The summed E-state index contributed by atoms with van der Waals surface area (Å²) in [4.78, 5) is 13.8. The van der Waals surface area contributed by atoms with Gasteiger partial charge in [-0.1, -0.05) is 36.4 Å². The average Bonchev–Trinajstić information content (AvgIpc) is 3.05. The van der Waals surface area contributed by atoms with Crippen molar-refractivity contribution in [1.82, 2.24) is 15.1 Å². The van der Waals surface area contributed by atoms with Gasteiger partial charge >= 0.3 is 0 Å². The van der Waals surface area contributed by atoms with Crippen LogP contribution < -0.4 is 10.1 Å². The van der Waals surface area contributed by atoms with E-state index in [1.165, 1.54) is 23.1 Å². The molecule has 1 N–H and O–H groups in total. The molecule has 0 saturated carbocycles. The number of rotatable bonds is 9. The van der Waals surface area contributed by atoms with Gasteiger partial charge in [-0.3, -0.25) is 4.79 Å². The molecule has 8 heteroatoms. The zero-order valence-electron chi connectivity index (χ0n) is 14.1. The molecule has 2 rings (SSSR count). The summed E-state index contributed by atoms with van der Waals surface area (Å²) < 4.78 is 5.91. The van der Waals surface area contributed by atoms with Gasteiger partial charge < -0.3 is 15.0 Å². The Balaban J connectivity index is 1.83. The van der Waals surface area contributed by atoms with Gasteiger partial charge in [0.1, 0.15) is 5.75 Å². The van der Waals surface area contributed by atoms with Crippen molar-refractivity contribution < 1.29 is 9.53 Å². The molecular weight excluding hydrogens is 344 g/mol. The van der Waals surface area contributed by atoms with Crippen LogP contribution in [0.1, 0.15) is 19.8 Å². The Hall–Kier alpha value is -1.80. The maximum atomic E-state index is 12.0. The van der Waals surface area contributed by atoms with E-state index in [4.69, 9.17) is 4.74 Å². The molecule has 0 saturated heterocycles. The first-order chi connectivity index (χ1) is 11.6. The van der Waals surface area contributed by atoms with E-state index in [-0.39, 0.29) is 5.91 Å². The third-order valence-corrected chi connectivity index (χ3v) is 5.30. The first kappa shape index (κ1) is 18.5. The lowest BCUT2D eigenvalue weighted by molar-refractivity contribution is -0.127. The van der Waals surface area contributed by atoms with Crippen LogP contribution in [0.15, 0.2) is 28.6 Å². The number of nitrogens with one attached hydrogen (secondary N) is 1. The molecule has 2 aromatic rings. The van der Waals surface area contributed by atoms with Gasteiger partial charge in [-0.25, -0.2) is 0 Å². The van der Waals surface area contributed by atoms with Crippen molar-refractivity contribution in [2.75, 3.05) is 31.8 Å². The summed E-state index contributed by atoms with van der Waals surface area (Å²) in [6.45, 7) is 2.92. The summed E-state index contributed by atoms with van der Waals surface area (Å²) in [6, 6.07) is 7.59. The number of amides is 1. The van der Waals surface area contributed by atoms with Crippen LogP contribution in [0, 0.1) is 0 Å². The molecule has 0 aliphatic heterocycles. The Morgan fingerprint density at radius 3 is 2.75 bits per heavy atom. The van der Waals surface area contributed by atoms with E-state index in [0.717, 1.165) is 35.2 Å². The quantitative estimate of drug-likeness (QED) is 0.684. The fourth-order valence-corrected chi connectivity index (χ4v) is 3.58. The molecule has 0 aliphatic carbocycles. The molecule has 0 unspecified atom stereocenters. The van der Waals surface area contributed by atoms with Crippen molar-refractivity contribution in [3.63, 3.8) is 0 Å². The molecule has 0 radical (unpaired) electrons. The number of unbranched alkanes of at least 4 members (excludes halogenated alkanes) is 1. The van der Waals surface area contributed by atoms with E-state index in [0.29, 0.717) is 10.9 Å². The lowest BCUT2D eigenvalue weighted by Gasteiger charge is -2.15. The molecule has 0 spiro atoms. The monoisotopic (exact) mass is 366 g/mol. The van der Waals surface area contributed by atoms with Crippen molar-refractivity contribution in [3.05, 3.63) is 24.3 Å². The predicted molar refractivity (Wildman–Crippen MR) is 99.5 cm³/mol. The Bertz CT molecular complexity index is 646. The van der Waals surface area contributed by atoms with Gasteiger partial charge in [0, 0.05) is 19.3 Å². The number of carbonyl (C=O) groups excluding carboxylic acids is 1. The number of nitrogens with zero attached hydrogens (tertiary/aromatic N) is 3. The van der Waals surface area contributed by atoms with Gasteiger partial charge in [0.15, 0.2) is 4.34 Å².